The van der Waals surface area contributed by atoms with Gasteiger partial charge >= 0.3 is 11.5 Å². The zero-order chi connectivity index (χ0) is 24.9. The topological polar surface area (TPSA) is 86.7 Å². The van der Waals surface area contributed by atoms with E-state index in [-0.39, 0.29) is 36.2 Å². The average Bonchev–Trinajstić information content (AvgIpc) is 3.07. The average molecular weight is 515 g/mol. The van der Waals surface area contributed by atoms with Crippen molar-refractivity contribution in [2.24, 2.45) is 5.41 Å². The van der Waals surface area contributed by atoms with E-state index in [9.17, 15) is 31.5 Å². The third kappa shape index (κ3) is 4.58. The molecule has 2 aromatic carbocycles. The van der Waals surface area contributed by atoms with Crippen molar-refractivity contribution in [2.45, 2.75) is 35.9 Å². The second-order valence-electron chi connectivity index (χ2n) is 8.93. The third-order valence-corrected chi connectivity index (χ3v) is 9.65. The Morgan fingerprint density at radius 1 is 1.18 bits per heavy atom. The summed E-state index contributed by atoms with van der Waals surface area (Å²) in [6, 6.07) is 9.39. The number of aliphatic carboxylic acids is 1. The Bertz CT molecular complexity index is 1210. The molecular weight excluding hydrogens is 489 g/mol. The predicted molar refractivity (Wildman–Crippen MR) is 124 cm³/mol. The number of carbonyl (C=O) groups is 1. The summed E-state index contributed by atoms with van der Waals surface area (Å²) in [5, 5.41) is 12.0. The second kappa shape index (κ2) is 8.85. The van der Waals surface area contributed by atoms with Crippen LogP contribution in [0.25, 0.3) is 11.1 Å². The van der Waals surface area contributed by atoms with Crippen LogP contribution in [0.5, 0.6) is 0 Å². The lowest BCUT2D eigenvalue weighted by atomic mass is 9.86. The molecule has 2 N–H and O–H groups in total. The van der Waals surface area contributed by atoms with Gasteiger partial charge in [-0.1, -0.05) is 29.8 Å². The molecule has 11 heteroatoms. The first-order valence-corrected chi connectivity index (χ1v) is 13.1. The number of fused-ring (bicyclic) bond motifs is 1. The van der Waals surface area contributed by atoms with Crippen LogP contribution in [0.4, 0.5) is 13.2 Å². The molecule has 0 radical (unpaired) electrons. The van der Waals surface area contributed by atoms with Crippen LogP contribution in [0.3, 0.4) is 0 Å². The van der Waals surface area contributed by atoms with E-state index in [4.69, 9.17) is 0 Å². The monoisotopic (exact) mass is 514 g/mol. The zero-order valence-electron chi connectivity index (χ0n) is 18.6. The Hall–Kier alpha value is -2.08. The van der Waals surface area contributed by atoms with Gasteiger partial charge in [0.25, 0.3) is 0 Å². The first-order valence-electron chi connectivity index (χ1n) is 10.8. The molecule has 6 nitrogen and oxygen atoms in total. The lowest BCUT2D eigenvalue weighted by Gasteiger charge is -2.34. The fraction of sp³-hybridized carbons (Fsp3) is 0.435. The maximum atomic E-state index is 13.7. The van der Waals surface area contributed by atoms with Gasteiger partial charge in [0.05, 0.1) is 5.41 Å². The molecule has 0 spiro atoms. The number of carboxylic acid groups (broad SMARTS) is 1. The van der Waals surface area contributed by atoms with Crippen molar-refractivity contribution >= 4 is 27.8 Å². The number of thioether (sulfide) groups is 1. The van der Waals surface area contributed by atoms with Crippen LogP contribution in [-0.4, -0.2) is 55.5 Å². The first kappa shape index (κ1) is 25.0. The summed E-state index contributed by atoms with van der Waals surface area (Å²) >= 11 is -0.211. The smallest absolute Gasteiger partial charge is 0.446 e. The lowest BCUT2D eigenvalue weighted by molar-refractivity contribution is -0.147. The third-order valence-electron chi connectivity index (χ3n) is 6.46. The Kier molecular flexibility index (Phi) is 6.52. The largest absolute Gasteiger partial charge is 0.481 e. The van der Waals surface area contributed by atoms with Gasteiger partial charge in [0.15, 0.2) is 0 Å². The van der Waals surface area contributed by atoms with Crippen LogP contribution < -0.4 is 5.32 Å². The number of piperazine rings is 1. The summed E-state index contributed by atoms with van der Waals surface area (Å²) in [6.45, 7) is 4.76. The highest BCUT2D eigenvalue weighted by molar-refractivity contribution is 8.00. The maximum Gasteiger partial charge on any atom is 0.446 e. The summed E-state index contributed by atoms with van der Waals surface area (Å²) in [6.07, 6.45) is 0.00230. The van der Waals surface area contributed by atoms with Gasteiger partial charge in [0.2, 0.25) is 10.0 Å². The standard InChI is InChI=1S/C23H25F3N2O4S2/c1-14-11-17(15-3-5-16(6-4-15)33-23(24,25)26)19-13-22(2,21(29)30)20(18(19)12-14)34(31,32)28-9-7-27-8-10-28/h3-6,11-12,20,27H,7-10,13H2,1-2H3,(H,29,30). The lowest BCUT2D eigenvalue weighted by Crippen LogP contribution is -2.50. The number of nitrogens with one attached hydrogen (secondary N) is 1. The van der Waals surface area contributed by atoms with E-state index >= 15 is 0 Å². The molecule has 0 aromatic heterocycles. The summed E-state index contributed by atoms with van der Waals surface area (Å²) in [4.78, 5) is 12.5. The fourth-order valence-electron chi connectivity index (χ4n) is 4.90. The molecule has 2 atom stereocenters. The minimum absolute atomic E-state index is 0.00230. The Labute approximate surface area is 200 Å². The van der Waals surface area contributed by atoms with Crippen molar-refractivity contribution in [3.63, 3.8) is 0 Å². The Morgan fingerprint density at radius 2 is 1.79 bits per heavy atom. The quantitative estimate of drug-likeness (QED) is 0.582. The molecule has 1 fully saturated rings. The highest BCUT2D eigenvalue weighted by Gasteiger charge is 2.56. The van der Waals surface area contributed by atoms with Crippen LogP contribution in [0.1, 0.15) is 28.9 Å². The number of carboxylic acids is 1. The van der Waals surface area contributed by atoms with Crippen LogP contribution in [0, 0.1) is 12.3 Å². The molecule has 1 saturated heterocycles. The molecule has 34 heavy (non-hydrogen) atoms. The predicted octanol–water partition coefficient (Wildman–Crippen LogP) is 4.20. The maximum absolute atomic E-state index is 13.7. The molecule has 1 aliphatic carbocycles. The van der Waals surface area contributed by atoms with Crippen molar-refractivity contribution in [3.05, 3.63) is 53.1 Å². The number of benzene rings is 2. The van der Waals surface area contributed by atoms with Crippen molar-refractivity contribution in [1.29, 1.82) is 0 Å². The Balaban J connectivity index is 1.83. The Morgan fingerprint density at radius 3 is 2.35 bits per heavy atom. The molecule has 1 heterocycles. The van der Waals surface area contributed by atoms with E-state index in [0.29, 0.717) is 35.3 Å². The van der Waals surface area contributed by atoms with Crippen molar-refractivity contribution in [1.82, 2.24) is 9.62 Å². The molecule has 2 unspecified atom stereocenters. The van der Waals surface area contributed by atoms with E-state index < -0.39 is 32.2 Å². The van der Waals surface area contributed by atoms with E-state index in [0.717, 1.165) is 5.56 Å². The molecule has 0 saturated carbocycles. The van der Waals surface area contributed by atoms with E-state index in [2.05, 4.69) is 5.32 Å². The zero-order valence-corrected chi connectivity index (χ0v) is 20.3. The number of alkyl halides is 3. The number of hydrogen-bond donors (Lipinski definition) is 2. The number of sulfonamides is 1. The fourth-order valence-corrected chi connectivity index (χ4v) is 7.80. The SMILES string of the molecule is Cc1cc(-c2ccc(SC(F)(F)F)cc2)c2c(c1)C(S(=O)(=O)N1CCNCC1)C(C)(C(=O)O)C2. The molecule has 0 amide bonds. The number of aryl methyl sites for hydroxylation is 1. The van der Waals surface area contributed by atoms with Crippen LogP contribution in [0.15, 0.2) is 41.3 Å². The van der Waals surface area contributed by atoms with E-state index in [1.54, 1.807) is 25.1 Å². The number of halogens is 3. The van der Waals surface area contributed by atoms with Gasteiger partial charge in [-0.2, -0.15) is 17.5 Å². The van der Waals surface area contributed by atoms with Crippen LogP contribution >= 0.6 is 11.8 Å². The van der Waals surface area contributed by atoms with Gasteiger partial charge in [-0.15, -0.1) is 0 Å². The minimum atomic E-state index is -4.40. The molecule has 1 aliphatic heterocycles. The van der Waals surface area contributed by atoms with Gasteiger partial charge in [0, 0.05) is 31.1 Å². The number of nitrogens with zero attached hydrogens (tertiary/aromatic N) is 1. The summed E-state index contributed by atoms with van der Waals surface area (Å²) < 4.78 is 67.0. The minimum Gasteiger partial charge on any atom is -0.481 e. The molecule has 2 aliphatic rings. The van der Waals surface area contributed by atoms with Gasteiger partial charge in [-0.25, -0.2) is 8.42 Å². The summed E-state index contributed by atoms with van der Waals surface area (Å²) in [5.41, 5.74) is -2.93. The van der Waals surface area contributed by atoms with Crippen LogP contribution in [-0.2, 0) is 21.2 Å². The second-order valence-corrected chi connectivity index (χ2v) is 12.1. The first-order chi connectivity index (χ1) is 15.8. The number of hydrogen-bond acceptors (Lipinski definition) is 5. The van der Waals surface area contributed by atoms with Crippen molar-refractivity contribution in [3.8, 4) is 11.1 Å². The summed E-state index contributed by atoms with van der Waals surface area (Å²) in [5.74, 6) is -1.20. The van der Waals surface area contributed by atoms with Gasteiger partial charge in [0.1, 0.15) is 5.25 Å². The van der Waals surface area contributed by atoms with Gasteiger partial charge in [-0.3, -0.25) is 4.79 Å². The molecule has 0 bridgehead atoms. The molecular formula is C23H25F3N2O4S2. The molecule has 2 aromatic rings. The van der Waals surface area contributed by atoms with E-state index in [1.807, 2.05) is 6.07 Å². The molecule has 4 rings (SSSR count). The van der Waals surface area contributed by atoms with E-state index in [1.165, 1.54) is 23.4 Å². The van der Waals surface area contributed by atoms with Crippen LogP contribution in [0.2, 0.25) is 0 Å². The van der Waals surface area contributed by atoms with Gasteiger partial charge < -0.3 is 10.4 Å². The normalized spacial score (nSPS) is 23.6. The molecule has 184 valence electrons. The highest BCUT2D eigenvalue weighted by Crippen LogP contribution is 2.54. The summed E-state index contributed by atoms with van der Waals surface area (Å²) in [7, 11) is -3.99. The number of rotatable bonds is 5. The van der Waals surface area contributed by atoms with Gasteiger partial charge in [-0.05, 0) is 66.4 Å². The van der Waals surface area contributed by atoms with Crippen molar-refractivity contribution < 1.29 is 31.5 Å². The highest BCUT2D eigenvalue weighted by atomic mass is 32.2. The van der Waals surface area contributed by atoms with Crippen molar-refractivity contribution in [2.75, 3.05) is 26.2 Å².